The molecule has 0 heterocycles. The van der Waals surface area contributed by atoms with Gasteiger partial charge in [0, 0.05) is 0 Å². The second kappa shape index (κ2) is 10.2. The molecule has 0 spiro atoms. The minimum atomic E-state index is -0.0476. The normalized spacial score (nSPS) is 11.5. The fraction of sp³-hybridized carbons (Fsp3) is 0.208. The number of para-hydroxylation sites is 2. The van der Waals surface area contributed by atoms with Crippen LogP contribution in [0.4, 0.5) is 5.69 Å². The fourth-order valence-corrected chi connectivity index (χ4v) is 3.00. The highest BCUT2D eigenvalue weighted by Gasteiger charge is 2.13. The predicted octanol–water partition coefficient (Wildman–Crippen LogP) is 4.95. The van der Waals surface area contributed by atoms with Crippen LogP contribution in [0.1, 0.15) is 30.5 Å². The number of rotatable bonds is 9. The summed E-state index contributed by atoms with van der Waals surface area (Å²) in [6, 6.07) is 27.7. The topological polar surface area (TPSA) is 50.4 Å². The lowest BCUT2D eigenvalue weighted by molar-refractivity contribution is -0.120. The highest BCUT2D eigenvalue weighted by atomic mass is 16.5. The molecule has 0 fully saturated rings. The van der Waals surface area contributed by atoms with E-state index >= 15 is 0 Å². The van der Waals surface area contributed by atoms with Crippen molar-refractivity contribution in [1.29, 1.82) is 0 Å². The van der Waals surface area contributed by atoms with Gasteiger partial charge in [-0.05, 0) is 29.7 Å². The zero-order valence-corrected chi connectivity index (χ0v) is 16.1. The highest BCUT2D eigenvalue weighted by Crippen LogP contribution is 2.24. The molecule has 4 heteroatoms. The minimum Gasteiger partial charge on any atom is -0.487 e. The Morgan fingerprint density at radius 1 is 0.893 bits per heavy atom. The number of anilines is 1. The first kappa shape index (κ1) is 19.5. The van der Waals surface area contributed by atoms with Gasteiger partial charge in [0.1, 0.15) is 12.4 Å². The third-order valence-corrected chi connectivity index (χ3v) is 4.51. The van der Waals surface area contributed by atoms with E-state index in [1.165, 1.54) is 0 Å². The monoisotopic (exact) mass is 374 g/mol. The summed E-state index contributed by atoms with van der Waals surface area (Å²) in [5.74, 6) is 0.683. The van der Waals surface area contributed by atoms with Crippen molar-refractivity contribution in [3.8, 4) is 5.75 Å². The van der Waals surface area contributed by atoms with E-state index in [-0.39, 0.29) is 18.5 Å². The Morgan fingerprint density at radius 2 is 1.54 bits per heavy atom. The van der Waals surface area contributed by atoms with Crippen LogP contribution in [0.25, 0.3) is 0 Å². The molecule has 3 rings (SSSR count). The quantitative estimate of drug-likeness (QED) is 0.557. The molecule has 2 N–H and O–H groups in total. The maximum Gasteiger partial charge on any atom is 0.239 e. The van der Waals surface area contributed by atoms with E-state index in [4.69, 9.17) is 4.74 Å². The first-order chi connectivity index (χ1) is 13.8. The molecule has 4 nitrogen and oxygen atoms in total. The van der Waals surface area contributed by atoms with E-state index in [9.17, 15) is 4.79 Å². The second-order valence-corrected chi connectivity index (χ2v) is 6.56. The Morgan fingerprint density at radius 3 is 2.25 bits per heavy atom. The van der Waals surface area contributed by atoms with Crippen LogP contribution in [0.5, 0.6) is 5.75 Å². The van der Waals surface area contributed by atoms with Crippen LogP contribution >= 0.6 is 0 Å². The molecule has 3 aromatic carbocycles. The van der Waals surface area contributed by atoms with Crippen LogP contribution in [-0.4, -0.2) is 12.5 Å². The average molecular weight is 374 g/mol. The van der Waals surface area contributed by atoms with Gasteiger partial charge in [0.2, 0.25) is 5.91 Å². The van der Waals surface area contributed by atoms with Crippen molar-refractivity contribution in [2.24, 2.45) is 0 Å². The van der Waals surface area contributed by atoms with Crippen molar-refractivity contribution >= 4 is 11.6 Å². The van der Waals surface area contributed by atoms with E-state index in [1.54, 1.807) is 0 Å². The summed E-state index contributed by atoms with van der Waals surface area (Å²) in [5.41, 5.74) is 3.02. The summed E-state index contributed by atoms with van der Waals surface area (Å²) < 4.78 is 5.93. The van der Waals surface area contributed by atoms with Gasteiger partial charge in [0.15, 0.2) is 0 Å². The van der Waals surface area contributed by atoms with Crippen LogP contribution in [0.15, 0.2) is 84.9 Å². The van der Waals surface area contributed by atoms with Gasteiger partial charge in [-0.25, -0.2) is 0 Å². The Bertz CT molecular complexity index is 866. The zero-order valence-electron chi connectivity index (χ0n) is 16.1. The van der Waals surface area contributed by atoms with E-state index < -0.39 is 0 Å². The SMILES string of the molecule is CCC(NC(=O)CNc1ccccc1OCc1ccccc1)c1ccccc1. The summed E-state index contributed by atoms with van der Waals surface area (Å²) in [7, 11) is 0. The molecule has 3 aromatic rings. The van der Waals surface area contributed by atoms with E-state index in [1.807, 2.05) is 84.9 Å². The van der Waals surface area contributed by atoms with Crippen molar-refractivity contribution in [3.05, 3.63) is 96.1 Å². The molecule has 0 aliphatic rings. The molecule has 1 atom stereocenters. The molecule has 0 saturated carbocycles. The van der Waals surface area contributed by atoms with Gasteiger partial charge in [-0.1, -0.05) is 79.7 Å². The molecule has 1 unspecified atom stereocenters. The number of carbonyl (C=O) groups excluding carboxylic acids is 1. The maximum absolute atomic E-state index is 12.4. The summed E-state index contributed by atoms with van der Waals surface area (Å²) in [6.07, 6.45) is 0.840. The van der Waals surface area contributed by atoms with Crippen LogP contribution in [0.2, 0.25) is 0 Å². The Kier molecular flexibility index (Phi) is 7.08. The van der Waals surface area contributed by atoms with Gasteiger partial charge >= 0.3 is 0 Å². The lowest BCUT2D eigenvalue weighted by atomic mass is 10.0. The smallest absolute Gasteiger partial charge is 0.239 e. The number of hydrogen-bond acceptors (Lipinski definition) is 3. The van der Waals surface area contributed by atoms with Crippen molar-refractivity contribution in [2.45, 2.75) is 26.0 Å². The lowest BCUT2D eigenvalue weighted by Crippen LogP contribution is -2.33. The van der Waals surface area contributed by atoms with Crippen molar-refractivity contribution in [2.75, 3.05) is 11.9 Å². The van der Waals surface area contributed by atoms with Gasteiger partial charge in [-0.3, -0.25) is 4.79 Å². The van der Waals surface area contributed by atoms with Crippen LogP contribution in [-0.2, 0) is 11.4 Å². The third-order valence-electron chi connectivity index (χ3n) is 4.51. The van der Waals surface area contributed by atoms with Crippen molar-refractivity contribution in [1.82, 2.24) is 5.32 Å². The number of hydrogen-bond donors (Lipinski definition) is 2. The number of amides is 1. The van der Waals surface area contributed by atoms with Crippen LogP contribution < -0.4 is 15.4 Å². The first-order valence-corrected chi connectivity index (χ1v) is 9.60. The molecule has 0 aromatic heterocycles. The molecule has 0 radical (unpaired) electrons. The van der Waals surface area contributed by atoms with Gasteiger partial charge in [-0.2, -0.15) is 0 Å². The molecule has 1 amide bonds. The van der Waals surface area contributed by atoms with Crippen molar-refractivity contribution in [3.63, 3.8) is 0 Å². The minimum absolute atomic E-state index is 0.0140. The van der Waals surface area contributed by atoms with Crippen molar-refractivity contribution < 1.29 is 9.53 Å². The van der Waals surface area contributed by atoms with Gasteiger partial charge in [0.25, 0.3) is 0 Å². The first-order valence-electron chi connectivity index (χ1n) is 9.60. The number of nitrogens with one attached hydrogen (secondary N) is 2. The van der Waals surface area contributed by atoms with Crippen LogP contribution in [0, 0.1) is 0 Å². The summed E-state index contributed by atoms with van der Waals surface area (Å²) >= 11 is 0. The number of benzene rings is 3. The molecule has 0 aliphatic heterocycles. The van der Waals surface area contributed by atoms with E-state index in [0.717, 1.165) is 29.0 Å². The van der Waals surface area contributed by atoms with E-state index in [0.29, 0.717) is 6.61 Å². The highest BCUT2D eigenvalue weighted by molar-refractivity contribution is 5.81. The van der Waals surface area contributed by atoms with Gasteiger partial charge < -0.3 is 15.4 Å². The summed E-state index contributed by atoms with van der Waals surface area (Å²) in [6.45, 7) is 2.74. The Hall–Kier alpha value is -3.27. The molecule has 28 heavy (non-hydrogen) atoms. The van der Waals surface area contributed by atoms with Gasteiger partial charge in [-0.15, -0.1) is 0 Å². The maximum atomic E-state index is 12.4. The molecular formula is C24H26N2O2. The summed E-state index contributed by atoms with van der Waals surface area (Å²) in [4.78, 5) is 12.4. The lowest BCUT2D eigenvalue weighted by Gasteiger charge is -2.18. The molecule has 0 saturated heterocycles. The summed E-state index contributed by atoms with van der Waals surface area (Å²) in [5, 5.41) is 6.28. The fourth-order valence-electron chi connectivity index (χ4n) is 3.00. The molecular weight excluding hydrogens is 348 g/mol. The average Bonchev–Trinajstić information content (AvgIpc) is 2.76. The molecule has 0 bridgehead atoms. The second-order valence-electron chi connectivity index (χ2n) is 6.56. The van der Waals surface area contributed by atoms with E-state index in [2.05, 4.69) is 17.6 Å². The standard InChI is InChI=1S/C24H26N2O2/c1-2-21(20-13-7-4-8-14-20)26-24(27)17-25-22-15-9-10-16-23(22)28-18-19-11-5-3-6-12-19/h3-16,21,25H,2,17-18H2,1H3,(H,26,27). The van der Waals surface area contributed by atoms with Crippen LogP contribution in [0.3, 0.4) is 0 Å². The Balaban J connectivity index is 1.56. The zero-order chi connectivity index (χ0) is 19.6. The largest absolute Gasteiger partial charge is 0.487 e. The number of carbonyl (C=O) groups is 1. The Labute approximate surface area is 166 Å². The number of ether oxygens (including phenoxy) is 1. The third kappa shape index (κ3) is 5.61. The predicted molar refractivity (Wildman–Crippen MR) is 113 cm³/mol. The molecule has 0 aliphatic carbocycles. The molecule has 144 valence electrons. The van der Waals surface area contributed by atoms with Gasteiger partial charge in [0.05, 0.1) is 18.3 Å².